The zero-order valence-corrected chi connectivity index (χ0v) is 68.8. The molecule has 0 aliphatic rings. The first-order chi connectivity index (χ1) is 41.8. The van der Waals surface area contributed by atoms with Gasteiger partial charge in [0, 0.05) is 121 Å². The first-order valence-electron chi connectivity index (χ1n) is 36.0. The fourth-order valence-electron chi connectivity index (χ4n) is 4.64. The van der Waals surface area contributed by atoms with Crippen molar-refractivity contribution >= 4 is 0 Å². The van der Waals surface area contributed by atoms with Crippen LogP contribution in [0.1, 0.15) is 319 Å². The van der Waals surface area contributed by atoms with Crippen molar-refractivity contribution in [2.45, 2.75) is 380 Å². The zero-order valence-electron chi connectivity index (χ0n) is 68.8. The molecule has 0 aromatic carbocycles. The minimum atomic E-state index is 0.0503. The minimum absolute atomic E-state index is 0.0503. The lowest BCUT2D eigenvalue weighted by Gasteiger charge is -2.17. The van der Waals surface area contributed by atoms with Gasteiger partial charge < -0.3 is 66.3 Å². The van der Waals surface area contributed by atoms with Crippen LogP contribution >= 0.6 is 0 Å². The SMILES string of the molecule is CCC(C)OC.CCCC(C)OC.CCCC(C)OCC.CCCCOCC.CCCOC(C)C.CCCOC(C)CC.CCCOCC.CCOC.CCOC(C)(C)C.CCOC(C)C.CCOC(C)C.CCOC(C)CC.CCOCC.COC(C)C. The third-order valence-electron chi connectivity index (χ3n) is 10.2. The van der Waals surface area contributed by atoms with Gasteiger partial charge in [-0.2, -0.15) is 0 Å². The van der Waals surface area contributed by atoms with Crippen LogP contribution in [0.5, 0.6) is 0 Å². The number of hydrogen-bond acceptors (Lipinski definition) is 14. The average molecular weight is 1300 g/mol. The number of ether oxygens (including phenoxy) is 14. The Balaban J connectivity index is -0.0000000569. The Labute approximate surface area is 564 Å². The van der Waals surface area contributed by atoms with Crippen molar-refractivity contribution in [2.75, 3.05) is 121 Å². The van der Waals surface area contributed by atoms with Gasteiger partial charge in [0.05, 0.1) is 60.5 Å². The molecule has 0 saturated carbocycles. The smallest absolute Gasteiger partial charge is 0.0598 e. The molecule has 0 spiro atoms. The lowest BCUT2D eigenvalue weighted by Crippen LogP contribution is -2.18. The van der Waals surface area contributed by atoms with Crippen molar-refractivity contribution < 1.29 is 66.3 Å². The van der Waals surface area contributed by atoms with E-state index in [1.807, 2.05) is 111 Å². The van der Waals surface area contributed by atoms with Gasteiger partial charge in [-0.05, 0) is 238 Å². The third kappa shape index (κ3) is 241. The standard InChI is InChI=1S/2C7H16O.5C6H14O.4C5H12O.2C4H10O.C3H8O/c1-4-6-7(3)8-5-2;1-4-6-8-7(3)5-2;1-5-7-6(2,3)4;1-4-5-6(2)7-3;1-4-5-7-6(2)3;1-4-6(3)7-5-2;1-3-5-6-7-4-2;1-4-5(2)6-3;2*1-4-6-5(2)3;1-3-5-6-4-2;1-4(2)5-3;1-3-5-4-2;1-3-4-2/h2*7H,4-6H2,1-3H3;5H2,1-4H3;3*6H,4-5H2,1-3H3;3-6H2,1-2H3;3*5H,4H2,1-3H3;3-5H2,1-2H3;4H,1-3H3;3-4H2,1-2H3;3H2,1-2H3. The van der Waals surface area contributed by atoms with E-state index in [4.69, 9.17) is 61.6 Å². The highest BCUT2D eigenvalue weighted by Crippen LogP contribution is 2.05. The highest BCUT2D eigenvalue weighted by Gasteiger charge is 2.06. The van der Waals surface area contributed by atoms with Crippen LogP contribution in [-0.2, 0) is 66.3 Å². The molecule has 0 bridgehead atoms. The predicted molar refractivity (Wildman–Crippen MR) is 398 cm³/mol. The number of rotatable bonds is 35. The van der Waals surface area contributed by atoms with Gasteiger partial charge in [0.15, 0.2) is 0 Å². The van der Waals surface area contributed by atoms with Crippen LogP contribution in [0.3, 0.4) is 0 Å². The second-order valence-corrected chi connectivity index (χ2v) is 22.0. The van der Waals surface area contributed by atoms with E-state index in [2.05, 4.69) is 136 Å². The Bertz CT molecular complexity index is 898. The monoisotopic (exact) mass is 1300 g/mol. The van der Waals surface area contributed by atoms with Crippen molar-refractivity contribution in [3.05, 3.63) is 0 Å². The molecule has 0 amide bonds. The van der Waals surface area contributed by atoms with Crippen molar-refractivity contribution in [1.82, 2.24) is 0 Å². The fraction of sp³-hybridized carbons (Fsp3) is 1.00. The topological polar surface area (TPSA) is 129 Å². The van der Waals surface area contributed by atoms with Crippen LogP contribution in [0.15, 0.2) is 0 Å². The van der Waals surface area contributed by atoms with Crippen molar-refractivity contribution in [3.8, 4) is 0 Å². The summed E-state index contributed by atoms with van der Waals surface area (Å²) in [6.07, 6.45) is 17.8. The lowest BCUT2D eigenvalue weighted by molar-refractivity contribution is 0.00530. The van der Waals surface area contributed by atoms with E-state index < -0.39 is 0 Å². The van der Waals surface area contributed by atoms with E-state index in [-0.39, 0.29) is 5.60 Å². The molecule has 0 fully saturated rings. The molecule has 0 heterocycles. The highest BCUT2D eigenvalue weighted by molar-refractivity contribution is 4.56. The summed E-state index contributed by atoms with van der Waals surface area (Å²) in [6.45, 7) is 84.1. The molecule has 0 aromatic rings. The van der Waals surface area contributed by atoms with E-state index in [1.165, 1.54) is 38.5 Å². The molecule has 0 radical (unpaired) electrons. The molecule has 5 unspecified atom stereocenters. The maximum Gasteiger partial charge on any atom is 0.0598 e. The summed E-state index contributed by atoms with van der Waals surface area (Å²) in [5.41, 5.74) is 0.0503. The summed E-state index contributed by atoms with van der Waals surface area (Å²) in [5.74, 6) is 0. The summed E-state index contributed by atoms with van der Waals surface area (Å²) in [4.78, 5) is 0. The summed E-state index contributed by atoms with van der Waals surface area (Å²) in [7, 11) is 6.86. The molecule has 14 heteroatoms. The van der Waals surface area contributed by atoms with Crippen molar-refractivity contribution in [3.63, 3.8) is 0 Å². The lowest BCUT2D eigenvalue weighted by atomic mass is 10.2. The minimum Gasteiger partial charge on any atom is -0.385 e. The summed E-state index contributed by atoms with van der Waals surface area (Å²) < 4.78 is 70.4. The van der Waals surface area contributed by atoms with Crippen LogP contribution in [0, 0.1) is 0 Å². The van der Waals surface area contributed by atoms with Gasteiger partial charge in [0.2, 0.25) is 0 Å². The summed E-state index contributed by atoms with van der Waals surface area (Å²) in [6, 6.07) is 0. The van der Waals surface area contributed by atoms with E-state index in [9.17, 15) is 0 Å². The molecule has 0 aliphatic carbocycles. The Morgan fingerprint density at radius 2 is 0.573 bits per heavy atom. The zero-order chi connectivity index (χ0) is 73.0. The van der Waals surface area contributed by atoms with Crippen molar-refractivity contribution in [2.24, 2.45) is 0 Å². The first-order valence-corrected chi connectivity index (χ1v) is 36.0. The van der Waals surface area contributed by atoms with Crippen LogP contribution in [0.25, 0.3) is 0 Å². The van der Waals surface area contributed by atoms with Gasteiger partial charge in [-0.25, -0.2) is 0 Å². The number of methoxy groups -OCH3 is 4. The van der Waals surface area contributed by atoms with E-state index >= 15 is 0 Å². The van der Waals surface area contributed by atoms with Crippen molar-refractivity contribution in [1.29, 1.82) is 0 Å². The average Bonchev–Trinajstić information content (AvgIpc) is 3.51. The number of hydrogen-bond donors (Lipinski definition) is 0. The molecule has 562 valence electrons. The molecule has 0 saturated heterocycles. The molecule has 0 rings (SSSR count). The molecule has 5 atom stereocenters. The van der Waals surface area contributed by atoms with Gasteiger partial charge in [-0.1, -0.05) is 81.6 Å². The van der Waals surface area contributed by atoms with Crippen LogP contribution in [0.4, 0.5) is 0 Å². The molecule has 0 aromatic heterocycles. The molecule has 0 N–H and O–H groups in total. The summed E-state index contributed by atoms with van der Waals surface area (Å²) >= 11 is 0. The van der Waals surface area contributed by atoms with E-state index in [0.29, 0.717) is 54.9 Å². The maximum atomic E-state index is 5.34. The van der Waals surface area contributed by atoms with Gasteiger partial charge in [-0.3, -0.25) is 0 Å². The van der Waals surface area contributed by atoms with Gasteiger partial charge in [0.1, 0.15) is 0 Å². The maximum absolute atomic E-state index is 5.34. The Morgan fingerprint density at radius 3 is 0.719 bits per heavy atom. The Kier molecular flexibility index (Phi) is 171. The largest absolute Gasteiger partial charge is 0.385 e. The van der Waals surface area contributed by atoms with Crippen LogP contribution < -0.4 is 0 Å². The molecule has 14 nitrogen and oxygen atoms in total. The van der Waals surface area contributed by atoms with E-state index in [1.54, 1.807) is 28.4 Å². The fourth-order valence-corrected chi connectivity index (χ4v) is 4.64. The van der Waals surface area contributed by atoms with Gasteiger partial charge in [0.25, 0.3) is 0 Å². The molecular formula is C75H178O14. The second-order valence-electron chi connectivity index (χ2n) is 22.0. The molecule has 0 aliphatic heterocycles. The predicted octanol–water partition coefficient (Wildman–Crippen LogP) is 22.0. The highest BCUT2D eigenvalue weighted by atomic mass is 16.5. The molecular weight excluding hydrogens is 1120 g/mol. The third-order valence-corrected chi connectivity index (χ3v) is 10.2. The first kappa shape index (κ1) is 122. The van der Waals surface area contributed by atoms with Crippen LogP contribution in [-0.4, -0.2) is 181 Å². The van der Waals surface area contributed by atoms with Gasteiger partial charge >= 0.3 is 0 Å². The normalized spacial score (nSPS) is 11.5. The second kappa shape index (κ2) is 125. The summed E-state index contributed by atoms with van der Waals surface area (Å²) in [5, 5.41) is 0. The van der Waals surface area contributed by atoms with Gasteiger partial charge in [-0.15, -0.1) is 0 Å². The van der Waals surface area contributed by atoms with Crippen LogP contribution in [0.2, 0.25) is 0 Å². The Hall–Kier alpha value is -0.560. The number of unbranched alkanes of at least 4 members (excludes halogenated alkanes) is 1. The molecule has 89 heavy (non-hydrogen) atoms. The Morgan fingerprint density at radius 1 is 0.258 bits per heavy atom. The van der Waals surface area contributed by atoms with E-state index in [0.717, 1.165) is 131 Å². The quantitative estimate of drug-likeness (QED) is 0.0558.